The van der Waals surface area contributed by atoms with Crippen LogP contribution in [0, 0.1) is 0 Å². The molecule has 0 aromatic rings. The molecule has 0 aromatic carbocycles. The predicted octanol–water partition coefficient (Wildman–Crippen LogP) is 7.94. The molecule has 1 aliphatic rings. The first-order valence-corrected chi connectivity index (χ1v) is 21.1. The highest BCUT2D eigenvalue weighted by Crippen LogP contribution is 2.22. The van der Waals surface area contributed by atoms with Crippen molar-refractivity contribution in [2.45, 2.75) is 224 Å². The van der Waals surface area contributed by atoms with Crippen LogP contribution in [0.15, 0.2) is 24.3 Å². The Balaban J connectivity index is 2.40. The molecule has 0 spiro atoms. The molecule has 300 valence electrons. The average molecular weight is 726 g/mol. The maximum atomic E-state index is 12.9. The number of allylic oxidation sites excluding steroid dienone is 3. The van der Waals surface area contributed by atoms with E-state index in [-0.39, 0.29) is 12.5 Å². The maximum Gasteiger partial charge on any atom is 0.220 e. The van der Waals surface area contributed by atoms with Crippen molar-refractivity contribution in [3.8, 4) is 0 Å². The molecule has 1 amide bonds. The van der Waals surface area contributed by atoms with E-state index in [0.717, 1.165) is 64.2 Å². The van der Waals surface area contributed by atoms with Crippen LogP contribution in [0.2, 0.25) is 0 Å². The third-order valence-corrected chi connectivity index (χ3v) is 10.0. The Kier molecular flexibility index (Phi) is 31.1. The third-order valence-electron chi connectivity index (χ3n) is 10.0. The summed E-state index contributed by atoms with van der Waals surface area (Å²) in [4.78, 5) is 12.9. The van der Waals surface area contributed by atoms with Gasteiger partial charge in [-0.2, -0.15) is 0 Å². The second-order valence-electron chi connectivity index (χ2n) is 14.8. The van der Waals surface area contributed by atoms with Gasteiger partial charge in [-0.15, -0.1) is 0 Å². The number of carbonyl (C=O) groups excluding carboxylic acids is 1. The number of nitrogens with one attached hydrogen (secondary N) is 1. The quantitative estimate of drug-likeness (QED) is 0.0289. The zero-order chi connectivity index (χ0) is 37.4. The first-order chi connectivity index (χ1) is 24.8. The van der Waals surface area contributed by atoms with Crippen LogP contribution in [0.4, 0.5) is 0 Å². The van der Waals surface area contributed by atoms with Crippen LogP contribution in [0.25, 0.3) is 0 Å². The van der Waals surface area contributed by atoms with Crippen molar-refractivity contribution in [2.75, 3.05) is 13.2 Å². The first-order valence-electron chi connectivity index (χ1n) is 21.1. The van der Waals surface area contributed by atoms with E-state index in [1.54, 1.807) is 6.08 Å². The molecule has 9 nitrogen and oxygen atoms in total. The lowest BCUT2D eigenvalue weighted by Gasteiger charge is -2.40. The van der Waals surface area contributed by atoms with Crippen molar-refractivity contribution in [3.63, 3.8) is 0 Å². The molecule has 1 aliphatic heterocycles. The van der Waals surface area contributed by atoms with E-state index in [9.17, 15) is 30.3 Å². The Bertz CT molecular complexity index is 853. The molecule has 6 N–H and O–H groups in total. The number of amides is 1. The van der Waals surface area contributed by atoms with E-state index >= 15 is 0 Å². The van der Waals surface area contributed by atoms with Crippen molar-refractivity contribution in [1.82, 2.24) is 5.32 Å². The zero-order valence-electron chi connectivity index (χ0n) is 32.6. The van der Waals surface area contributed by atoms with Crippen LogP contribution in [0.3, 0.4) is 0 Å². The number of carbonyl (C=O) groups is 1. The number of rotatable bonds is 34. The van der Waals surface area contributed by atoms with Gasteiger partial charge in [-0.25, -0.2) is 0 Å². The molecular weight excluding hydrogens is 646 g/mol. The SMILES string of the molecule is CCCC/C=C\CCCCCCCC(=O)NC(COC1OC(CO)C(O)C(O)C1O)C(O)/C=C/CCCCCCCCCCCCCCCCC. The molecule has 1 rings (SSSR count). The topological polar surface area (TPSA) is 149 Å². The van der Waals surface area contributed by atoms with Crippen molar-refractivity contribution in [1.29, 1.82) is 0 Å². The highest BCUT2D eigenvalue weighted by Gasteiger charge is 2.44. The van der Waals surface area contributed by atoms with E-state index in [4.69, 9.17) is 9.47 Å². The van der Waals surface area contributed by atoms with Crippen molar-refractivity contribution in [3.05, 3.63) is 24.3 Å². The minimum absolute atomic E-state index is 0.189. The molecule has 1 saturated heterocycles. The molecule has 9 heteroatoms. The Morgan fingerprint density at radius 3 is 1.65 bits per heavy atom. The second kappa shape index (κ2) is 33.3. The molecule has 0 saturated carbocycles. The average Bonchev–Trinajstić information content (AvgIpc) is 3.13. The molecule has 0 radical (unpaired) electrons. The first kappa shape index (κ1) is 47.7. The van der Waals surface area contributed by atoms with Crippen LogP contribution >= 0.6 is 0 Å². The van der Waals surface area contributed by atoms with Crippen LogP contribution in [-0.4, -0.2) is 87.5 Å². The molecule has 0 bridgehead atoms. The van der Waals surface area contributed by atoms with Gasteiger partial charge in [0.2, 0.25) is 5.91 Å². The number of aliphatic hydroxyl groups is 5. The highest BCUT2D eigenvalue weighted by atomic mass is 16.7. The molecule has 0 aromatic heterocycles. The summed E-state index contributed by atoms with van der Waals surface area (Å²) in [6, 6.07) is -0.804. The van der Waals surface area contributed by atoms with Gasteiger partial charge in [-0.3, -0.25) is 4.79 Å². The number of ether oxygens (including phenoxy) is 2. The summed E-state index contributed by atoms with van der Waals surface area (Å²) >= 11 is 0. The van der Waals surface area contributed by atoms with Crippen molar-refractivity contribution < 1.29 is 39.8 Å². The Hall–Kier alpha value is -1.33. The largest absolute Gasteiger partial charge is 0.394 e. The van der Waals surface area contributed by atoms with Crippen LogP contribution < -0.4 is 5.32 Å². The van der Waals surface area contributed by atoms with Crippen molar-refractivity contribution in [2.24, 2.45) is 0 Å². The third kappa shape index (κ3) is 24.6. The lowest BCUT2D eigenvalue weighted by Crippen LogP contribution is -2.60. The van der Waals surface area contributed by atoms with E-state index in [1.165, 1.54) is 96.3 Å². The summed E-state index contributed by atoms with van der Waals surface area (Å²) in [5.74, 6) is -0.189. The maximum absolute atomic E-state index is 12.9. The fraction of sp³-hybridized carbons (Fsp3) is 0.881. The molecular formula is C42H79NO8. The van der Waals surface area contributed by atoms with Crippen LogP contribution in [0.1, 0.15) is 181 Å². The summed E-state index contributed by atoms with van der Waals surface area (Å²) in [5.41, 5.74) is 0. The number of aliphatic hydroxyl groups excluding tert-OH is 5. The highest BCUT2D eigenvalue weighted by molar-refractivity contribution is 5.76. The molecule has 7 atom stereocenters. The van der Waals surface area contributed by atoms with Gasteiger partial charge in [0.25, 0.3) is 0 Å². The van der Waals surface area contributed by atoms with E-state index in [0.29, 0.717) is 6.42 Å². The summed E-state index contributed by atoms with van der Waals surface area (Å²) in [6.07, 6.45) is 30.8. The molecule has 1 fully saturated rings. The van der Waals surface area contributed by atoms with Gasteiger partial charge in [0, 0.05) is 6.42 Å². The summed E-state index contributed by atoms with van der Waals surface area (Å²) in [5, 5.41) is 54.0. The molecule has 51 heavy (non-hydrogen) atoms. The van der Waals surface area contributed by atoms with Crippen LogP contribution in [-0.2, 0) is 14.3 Å². The fourth-order valence-corrected chi connectivity index (χ4v) is 6.55. The van der Waals surface area contributed by atoms with Gasteiger partial charge in [0.05, 0.1) is 25.4 Å². The van der Waals surface area contributed by atoms with E-state index in [1.807, 2.05) is 6.08 Å². The van der Waals surface area contributed by atoms with Crippen molar-refractivity contribution >= 4 is 5.91 Å². The Morgan fingerprint density at radius 1 is 0.647 bits per heavy atom. The minimum atomic E-state index is -1.56. The van der Waals surface area contributed by atoms with Gasteiger partial charge in [0.1, 0.15) is 24.4 Å². The fourth-order valence-electron chi connectivity index (χ4n) is 6.55. The van der Waals surface area contributed by atoms with Gasteiger partial charge < -0.3 is 40.3 Å². The zero-order valence-corrected chi connectivity index (χ0v) is 32.6. The van der Waals surface area contributed by atoms with Gasteiger partial charge in [0.15, 0.2) is 6.29 Å². The standard InChI is InChI=1S/C42H79NO8/c1-3-5-7-9-11-13-15-16-17-18-19-20-22-23-25-27-29-31-36(45)35(34-50-42-41(49)40(48)39(47)37(33-44)51-42)43-38(46)32-30-28-26-24-21-14-12-10-8-6-4-2/h10,12,29,31,35-37,39-42,44-45,47-49H,3-9,11,13-28,30,32-34H2,1-2H3,(H,43,46)/b12-10-,31-29+. The van der Waals surface area contributed by atoms with E-state index < -0.39 is 49.5 Å². The normalized spacial score (nSPS) is 22.2. The summed E-state index contributed by atoms with van der Waals surface area (Å²) in [6.45, 7) is 3.71. The Labute approximate surface area is 311 Å². The predicted molar refractivity (Wildman–Crippen MR) is 207 cm³/mol. The number of hydrogen-bond donors (Lipinski definition) is 6. The Morgan fingerprint density at radius 2 is 1.12 bits per heavy atom. The molecule has 7 unspecified atom stereocenters. The summed E-state index contributed by atoms with van der Waals surface area (Å²) in [7, 11) is 0. The number of hydrogen-bond acceptors (Lipinski definition) is 8. The summed E-state index contributed by atoms with van der Waals surface area (Å²) < 4.78 is 11.2. The number of unbranched alkanes of at least 4 members (excludes halogenated alkanes) is 22. The molecule has 0 aliphatic carbocycles. The van der Waals surface area contributed by atoms with Gasteiger partial charge >= 0.3 is 0 Å². The van der Waals surface area contributed by atoms with Gasteiger partial charge in [-0.1, -0.05) is 160 Å². The second-order valence-corrected chi connectivity index (χ2v) is 14.8. The van der Waals surface area contributed by atoms with Crippen LogP contribution in [0.5, 0.6) is 0 Å². The molecule has 1 heterocycles. The van der Waals surface area contributed by atoms with E-state index in [2.05, 4.69) is 31.3 Å². The lowest BCUT2D eigenvalue weighted by atomic mass is 9.99. The van der Waals surface area contributed by atoms with Gasteiger partial charge in [-0.05, 0) is 38.5 Å². The smallest absolute Gasteiger partial charge is 0.220 e. The monoisotopic (exact) mass is 726 g/mol. The minimum Gasteiger partial charge on any atom is -0.394 e. The lowest BCUT2D eigenvalue weighted by molar-refractivity contribution is -0.302.